The van der Waals surface area contributed by atoms with Crippen molar-refractivity contribution in [3.8, 4) is 0 Å². The summed E-state index contributed by atoms with van der Waals surface area (Å²) in [6.45, 7) is 1.34. The van der Waals surface area contributed by atoms with E-state index in [0.717, 1.165) is 18.2 Å². The van der Waals surface area contributed by atoms with Gasteiger partial charge in [-0.2, -0.15) is 13.2 Å². The third kappa shape index (κ3) is 3.90. The molecule has 0 aromatic heterocycles. The molecular weight excluding hydrogens is 387 g/mol. The Morgan fingerprint density at radius 3 is 2.56 bits per heavy atom. The molecule has 142 valence electrons. The van der Waals surface area contributed by atoms with Crippen LogP contribution in [0.2, 0.25) is 5.02 Å². The predicted octanol–water partition coefficient (Wildman–Crippen LogP) is 6.22. The molecule has 0 fully saturated rings. The van der Waals surface area contributed by atoms with Gasteiger partial charge in [0.1, 0.15) is 5.82 Å². The van der Waals surface area contributed by atoms with Gasteiger partial charge in [-0.25, -0.2) is 8.78 Å². The molecule has 1 aliphatic carbocycles. The third-order valence-corrected chi connectivity index (χ3v) is 4.78. The van der Waals surface area contributed by atoms with Crippen molar-refractivity contribution in [2.75, 3.05) is 0 Å². The van der Waals surface area contributed by atoms with Gasteiger partial charge in [-0.15, -0.1) is 0 Å². The second-order valence-electron chi connectivity index (χ2n) is 6.46. The van der Waals surface area contributed by atoms with Crippen LogP contribution in [-0.2, 0) is 6.42 Å². The summed E-state index contributed by atoms with van der Waals surface area (Å²) in [5, 5.41) is -0.377. The zero-order valence-electron chi connectivity index (χ0n) is 14.1. The van der Waals surface area contributed by atoms with Gasteiger partial charge in [0.2, 0.25) is 0 Å². The first-order chi connectivity index (χ1) is 12.6. The number of benzene rings is 2. The number of alkyl halides is 4. The van der Waals surface area contributed by atoms with E-state index in [2.05, 4.69) is 0 Å². The molecule has 1 nitrogen and oxygen atoms in total. The number of carbonyl (C=O) groups is 1. The number of halogens is 6. The van der Waals surface area contributed by atoms with E-state index in [0.29, 0.717) is 11.1 Å². The number of Topliss-reactive ketones (excluding diaryl/α,β-unsaturated/α-hetero) is 1. The number of hydrogen-bond donors (Lipinski definition) is 0. The van der Waals surface area contributed by atoms with Gasteiger partial charge in [0, 0.05) is 12.0 Å². The van der Waals surface area contributed by atoms with Crippen LogP contribution in [0.3, 0.4) is 0 Å². The quantitative estimate of drug-likeness (QED) is 0.559. The standard InChI is InChI=1S/C20H14ClF5O/c1-10-6-13(8-16(21)18(10)23)15(20(24,25)26)5-3-11-2-4-14-12(7-11)9-17(22)19(14)27/h2-8,15,17H,9H2,1H3/b5-3+. The first kappa shape index (κ1) is 19.5. The Bertz CT molecular complexity index is 909. The summed E-state index contributed by atoms with van der Waals surface area (Å²) in [5.74, 6) is -3.35. The monoisotopic (exact) mass is 400 g/mol. The molecule has 1 aliphatic rings. The minimum absolute atomic E-state index is 0.0187. The van der Waals surface area contributed by atoms with E-state index in [1.165, 1.54) is 31.2 Å². The average Bonchev–Trinajstić information content (AvgIpc) is 2.85. The lowest BCUT2D eigenvalue weighted by Crippen LogP contribution is -2.19. The highest BCUT2D eigenvalue weighted by Gasteiger charge is 2.39. The van der Waals surface area contributed by atoms with Gasteiger partial charge < -0.3 is 0 Å². The molecule has 3 rings (SSSR count). The Hall–Kier alpha value is -2.21. The summed E-state index contributed by atoms with van der Waals surface area (Å²) in [7, 11) is 0. The zero-order chi connectivity index (χ0) is 19.9. The normalized spacial score (nSPS) is 18.2. The first-order valence-electron chi connectivity index (χ1n) is 8.09. The molecule has 0 heterocycles. The molecule has 27 heavy (non-hydrogen) atoms. The highest BCUT2D eigenvalue weighted by molar-refractivity contribution is 6.30. The molecule has 7 heteroatoms. The van der Waals surface area contributed by atoms with Crippen LogP contribution in [0, 0.1) is 12.7 Å². The van der Waals surface area contributed by atoms with Crippen molar-refractivity contribution in [3.63, 3.8) is 0 Å². The number of hydrogen-bond acceptors (Lipinski definition) is 1. The van der Waals surface area contributed by atoms with E-state index < -0.39 is 29.9 Å². The highest BCUT2D eigenvalue weighted by Crippen LogP contribution is 2.38. The van der Waals surface area contributed by atoms with Crippen molar-refractivity contribution in [2.45, 2.75) is 31.6 Å². The maximum absolute atomic E-state index is 13.6. The summed E-state index contributed by atoms with van der Waals surface area (Å²) in [4.78, 5) is 11.6. The molecule has 2 aromatic carbocycles. The smallest absolute Gasteiger partial charge is 0.291 e. The van der Waals surface area contributed by atoms with E-state index in [1.54, 1.807) is 0 Å². The van der Waals surface area contributed by atoms with E-state index in [1.807, 2.05) is 0 Å². The Labute approximate surface area is 157 Å². The van der Waals surface area contributed by atoms with Gasteiger partial charge >= 0.3 is 6.18 Å². The molecule has 0 bridgehead atoms. The van der Waals surface area contributed by atoms with E-state index in [4.69, 9.17) is 11.6 Å². The van der Waals surface area contributed by atoms with Crippen LogP contribution in [0.15, 0.2) is 36.4 Å². The van der Waals surface area contributed by atoms with Crippen LogP contribution in [0.1, 0.15) is 38.5 Å². The Balaban J connectivity index is 1.95. The summed E-state index contributed by atoms with van der Waals surface area (Å²) >= 11 is 5.69. The first-order valence-corrected chi connectivity index (χ1v) is 8.47. The number of fused-ring (bicyclic) bond motifs is 1. The Kier molecular flexibility index (Phi) is 5.12. The van der Waals surface area contributed by atoms with E-state index >= 15 is 0 Å². The topological polar surface area (TPSA) is 17.1 Å². The van der Waals surface area contributed by atoms with Crippen LogP contribution in [0.5, 0.6) is 0 Å². The van der Waals surface area contributed by atoms with Crippen molar-refractivity contribution in [1.82, 2.24) is 0 Å². The van der Waals surface area contributed by atoms with Crippen LogP contribution in [0.25, 0.3) is 6.08 Å². The molecule has 0 N–H and O–H groups in total. The fourth-order valence-corrected chi connectivity index (χ4v) is 3.41. The summed E-state index contributed by atoms with van der Waals surface area (Å²) in [6, 6.07) is 6.44. The van der Waals surface area contributed by atoms with Gasteiger partial charge in [-0.1, -0.05) is 48.0 Å². The lowest BCUT2D eigenvalue weighted by atomic mass is 9.95. The average molecular weight is 401 g/mol. The fourth-order valence-electron chi connectivity index (χ4n) is 3.13. The second-order valence-corrected chi connectivity index (χ2v) is 6.87. The fraction of sp³-hybridized carbons (Fsp3) is 0.250. The molecule has 0 spiro atoms. The molecule has 0 aliphatic heterocycles. The number of allylic oxidation sites excluding steroid dienone is 1. The summed E-state index contributed by atoms with van der Waals surface area (Å²) in [5.41, 5.74) is 0.981. The van der Waals surface area contributed by atoms with Crippen molar-refractivity contribution in [3.05, 3.63) is 75.1 Å². The van der Waals surface area contributed by atoms with Crippen LogP contribution < -0.4 is 0 Å². The van der Waals surface area contributed by atoms with Crippen molar-refractivity contribution in [1.29, 1.82) is 0 Å². The summed E-state index contributed by atoms with van der Waals surface area (Å²) < 4.78 is 67.6. The highest BCUT2D eigenvalue weighted by atomic mass is 35.5. The SMILES string of the molecule is Cc1cc(C(/C=C/c2ccc3c(c2)CC(F)C3=O)C(F)(F)F)cc(Cl)c1F. The lowest BCUT2D eigenvalue weighted by molar-refractivity contribution is -0.139. The Morgan fingerprint density at radius 1 is 1.22 bits per heavy atom. The molecule has 0 radical (unpaired) electrons. The third-order valence-electron chi connectivity index (χ3n) is 4.50. The molecule has 2 atom stereocenters. The largest absolute Gasteiger partial charge is 0.399 e. The number of ketones is 1. The Morgan fingerprint density at radius 2 is 1.93 bits per heavy atom. The maximum Gasteiger partial charge on any atom is 0.399 e. The molecule has 2 aromatic rings. The van der Waals surface area contributed by atoms with Crippen molar-refractivity contribution < 1.29 is 26.7 Å². The lowest BCUT2D eigenvalue weighted by Gasteiger charge is -2.18. The number of aryl methyl sites for hydroxylation is 1. The molecule has 0 saturated heterocycles. The van der Waals surface area contributed by atoms with Gasteiger partial charge in [0.05, 0.1) is 10.9 Å². The summed E-state index contributed by atoms with van der Waals surface area (Å²) in [6.07, 6.45) is -4.10. The van der Waals surface area contributed by atoms with Crippen LogP contribution in [0.4, 0.5) is 22.0 Å². The molecule has 2 unspecified atom stereocenters. The zero-order valence-corrected chi connectivity index (χ0v) is 14.8. The second kappa shape index (κ2) is 7.08. The van der Waals surface area contributed by atoms with Crippen molar-refractivity contribution >= 4 is 23.5 Å². The van der Waals surface area contributed by atoms with Gasteiger partial charge in [0.15, 0.2) is 12.0 Å². The van der Waals surface area contributed by atoms with Gasteiger partial charge in [-0.05, 0) is 35.2 Å². The maximum atomic E-state index is 13.6. The number of carbonyl (C=O) groups excluding carboxylic acids is 1. The van der Waals surface area contributed by atoms with E-state index in [9.17, 15) is 26.7 Å². The van der Waals surface area contributed by atoms with Crippen LogP contribution in [-0.4, -0.2) is 18.1 Å². The predicted molar refractivity (Wildman–Crippen MR) is 93.3 cm³/mol. The number of rotatable bonds is 3. The van der Waals surface area contributed by atoms with Gasteiger partial charge in [-0.3, -0.25) is 4.79 Å². The van der Waals surface area contributed by atoms with Crippen molar-refractivity contribution in [2.24, 2.45) is 0 Å². The van der Waals surface area contributed by atoms with Crippen LogP contribution >= 0.6 is 11.6 Å². The van der Waals surface area contributed by atoms with Gasteiger partial charge in [0.25, 0.3) is 0 Å². The minimum Gasteiger partial charge on any atom is -0.291 e. The molecule has 0 saturated carbocycles. The minimum atomic E-state index is -4.61. The molecule has 0 amide bonds. The molecular formula is C20H14ClF5O. The van der Waals surface area contributed by atoms with E-state index in [-0.39, 0.29) is 28.1 Å².